The second-order valence-electron chi connectivity index (χ2n) is 5.21. The van der Waals surface area contributed by atoms with Gasteiger partial charge >= 0.3 is 0 Å². The number of hydrogen-bond donors (Lipinski definition) is 0. The van der Waals surface area contributed by atoms with Gasteiger partial charge in [0.15, 0.2) is 5.78 Å². The van der Waals surface area contributed by atoms with Crippen molar-refractivity contribution in [1.82, 2.24) is 0 Å². The van der Waals surface area contributed by atoms with E-state index in [0.717, 1.165) is 39.8 Å². The first-order valence-corrected chi connectivity index (χ1v) is 6.49. The van der Waals surface area contributed by atoms with Crippen molar-refractivity contribution >= 4 is 5.78 Å². The van der Waals surface area contributed by atoms with Crippen LogP contribution in [0.2, 0.25) is 0 Å². The Morgan fingerprint density at radius 1 is 1.00 bits per heavy atom. The Balaban J connectivity index is 2.16. The maximum absolute atomic E-state index is 13.4. The smallest absolute Gasteiger partial charge is 0.163 e. The zero-order valence-electron chi connectivity index (χ0n) is 11.1. The van der Waals surface area contributed by atoms with Crippen LogP contribution in [0.15, 0.2) is 30.3 Å². The molecular formula is C17H15FO. The van der Waals surface area contributed by atoms with E-state index in [1.807, 2.05) is 26.0 Å². The lowest BCUT2D eigenvalue weighted by Crippen LogP contribution is -1.94. The molecule has 0 N–H and O–H groups in total. The van der Waals surface area contributed by atoms with Crippen LogP contribution in [0.5, 0.6) is 0 Å². The number of carbonyl (C=O) groups excluding carboxylic acids is 1. The van der Waals surface area contributed by atoms with Crippen LogP contribution < -0.4 is 0 Å². The molecule has 0 saturated carbocycles. The van der Waals surface area contributed by atoms with Crippen molar-refractivity contribution < 1.29 is 9.18 Å². The lowest BCUT2D eigenvalue weighted by atomic mass is 9.93. The van der Waals surface area contributed by atoms with Crippen molar-refractivity contribution in [3.05, 3.63) is 58.4 Å². The maximum Gasteiger partial charge on any atom is 0.163 e. The van der Waals surface area contributed by atoms with Gasteiger partial charge in [-0.05, 0) is 60.2 Å². The highest BCUT2D eigenvalue weighted by atomic mass is 19.1. The van der Waals surface area contributed by atoms with Crippen molar-refractivity contribution in [2.24, 2.45) is 0 Å². The SMILES string of the molecule is Cc1cc(F)cc(C)c1-c1ccc2c(c1)CCC2=O. The summed E-state index contributed by atoms with van der Waals surface area (Å²) in [6, 6.07) is 9.06. The van der Waals surface area contributed by atoms with E-state index >= 15 is 0 Å². The quantitative estimate of drug-likeness (QED) is 0.744. The Hall–Kier alpha value is -1.96. The number of ketones is 1. The first-order valence-electron chi connectivity index (χ1n) is 6.49. The van der Waals surface area contributed by atoms with Crippen LogP contribution in [0.1, 0.15) is 33.5 Å². The van der Waals surface area contributed by atoms with Gasteiger partial charge in [-0.15, -0.1) is 0 Å². The molecule has 96 valence electrons. The van der Waals surface area contributed by atoms with Gasteiger partial charge in [-0.3, -0.25) is 4.79 Å². The minimum atomic E-state index is -0.199. The zero-order valence-corrected chi connectivity index (χ0v) is 11.1. The average Bonchev–Trinajstić information content (AvgIpc) is 2.69. The minimum absolute atomic E-state index is 0.199. The van der Waals surface area contributed by atoms with Crippen molar-refractivity contribution in [2.45, 2.75) is 26.7 Å². The van der Waals surface area contributed by atoms with Gasteiger partial charge in [0, 0.05) is 12.0 Å². The average molecular weight is 254 g/mol. The molecule has 0 unspecified atom stereocenters. The third-order valence-electron chi connectivity index (χ3n) is 3.81. The number of carbonyl (C=O) groups is 1. The van der Waals surface area contributed by atoms with Gasteiger partial charge in [0.05, 0.1) is 0 Å². The van der Waals surface area contributed by atoms with Crippen LogP contribution in [-0.2, 0) is 6.42 Å². The fourth-order valence-corrected chi connectivity index (χ4v) is 2.98. The highest BCUT2D eigenvalue weighted by molar-refractivity contribution is 6.01. The van der Waals surface area contributed by atoms with Crippen LogP contribution in [0.4, 0.5) is 4.39 Å². The van der Waals surface area contributed by atoms with E-state index in [1.165, 1.54) is 0 Å². The molecule has 0 saturated heterocycles. The van der Waals surface area contributed by atoms with E-state index in [0.29, 0.717) is 6.42 Å². The Kier molecular flexibility index (Phi) is 2.74. The summed E-state index contributed by atoms with van der Waals surface area (Å²) in [4.78, 5) is 11.6. The lowest BCUT2D eigenvalue weighted by Gasteiger charge is -2.11. The predicted octanol–water partition coefficient (Wildman–Crippen LogP) is 4.24. The third kappa shape index (κ3) is 1.97. The summed E-state index contributed by atoms with van der Waals surface area (Å²) in [7, 11) is 0. The maximum atomic E-state index is 13.4. The van der Waals surface area contributed by atoms with E-state index in [4.69, 9.17) is 0 Å². The van der Waals surface area contributed by atoms with Gasteiger partial charge in [0.1, 0.15) is 5.82 Å². The minimum Gasteiger partial charge on any atom is -0.294 e. The summed E-state index contributed by atoms with van der Waals surface area (Å²) in [5.41, 5.74) is 5.97. The fraction of sp³-hybridized carbons (Fsp3) is 0.235. The normalized spacial score (nSPS) is 13.7. The number of halogens is 1. The van der Waals surface area contributed by atoms with Crippen LogP contribution in [0.3, 0.4) is 0 Å². The van der Waals surface area contributed by atoms with Crippen LogP contribution in [0, 0.1) is 19.7 Å². The molecule has 2 aromatic carbocycles. The number of aryl methyl sites for hydroxylation is 3. The Morgan fingerprint density at radius 2 is 1.68 bits per heavy atom. The largest absolute Gasteiger partial charge is 0.294 e. The van der Waals surface area contributed by atoms with Gasteiger partial charge in [-0.1, -0.05) is 18.2 Å². The van der Waals surface area contributed by atoms with Crippen molar-refractivity contribution in [3.8, 4) is 11.1 Å². The first kappa shape index (κ1) is 12.1. The monoisotopic (exact) mass is 254 g/mol. The van der Waals surface area contributed by atoms with Gasteiger partial charge in [0.2, 0.25) is 0 Å². The number of benzene rings is 2. The highest BCUT2D eigenvalue weighted by Crippen LogP contribution is 2.32. The summed E-state index contributed by atoms with van der Waals surface area (Å²) < 4.78 is 13.4. The van der Waals surface area contributed by atoms with Gasteiger partial charge < -0.3 is 0 Å². The molecule has 0 fully saturated rings. The van der Waals surface area contributed by atoms with Gasteiger partial charge in [-0.2, -0.15) is 0 Å². The van der Waals surface area contributed by atoms with Crippen molar-refractivity contribution in [1.29, 1.82) is 0 Å². The number of hydrogen-bond acceptors (Lipinski definition) is 1. The Morgan fingerprint density at radius 3 is 2.37 bits per heavy atom. The first-order chi connectivity index (χ1) is 9.06. The molecule has 0 bridgehead atoms. The molecule has 1 aliphatic rings. The summed E-state index contributed by atoms with van der Waals surface area (Å²) in [5, 5.41) is 0. The van der Waals surface area contributed by atoms with Crippen molar-refractivity contribution in [3.63, 3.8) is 0 Å². The molecule has 0 radical (unpaired) electrons. The van der Waals surface area contributed by atoms with E-state index in [-0.39, 0.29) is 11.6 Å². The van der Waals surface area contributed by atoms with Crippen molar-refractivity contribution in [2.75, 3.05) is 0 Å². The summed E-state index contributed by atoms with van der Waals surface area (Å²) in [6.07, 6.45) is 1.43. The Bertz CT molecular complexity index is 663. The summed E-state index contributed by atoms with van der Waals surface area (Å²) in [6.45, 7) is 3.84. The number of fused-ring (bicyclic) bond motifs is 1. The highest BCUT2D eigenvalue weighted by Gasteiger charge is 2.20. The van der Waals surface area contributed by atoms with Crippen LogP contribution in [-0.4, -0.2) is 5.78 Å². The molecule has 0 spiro atoms. The molecule has 0 aromatic heterocycles. The fourth-order valence-electron chi connectivity index (χ4n) is 2.98. The second kappa shape index (κ2) is 4.30. The molecule has 0 heterocycles. The van der Waals surface area contributed by atoms with E-state index in [2.05, 4.69) is 6.07 Å². The van der Waals surface area contributed by atoms with Gasteiger partial charge in [0.25, 0.3) is 0 Å². The second-order valence-corrected chi connectivity index (χ2v) is 5.21. The third-order valence-corrected chi connectivity index (χ3v) is 3.81. The Labute approximate surface area is 112 Å². The van der Waals surface area contributed by atoms with E-state index < -0.39 is 0 Å². The molecule has 0 amide bonds. The van der Waals surface area contributed by atoms with Crippen LogP contribution in [0.25, 0.3) is 11.1 Å². The van der Waals surface area contributed by atoms with Gasteiger partial charge in [-0.25, -0.2) is 4.39 Å². The lowest BCUT2D eigenvalue weighted by molar-refractivity contribution is 0.0994. The molecule has 0 aliphatic heterocycles. The predicted molar refractivity (Wildman–Crippen MR) is 74.0 cm³/mol. The topological polar surface area (TPSA) is 17.1 Å². The standard InChI is InChI=1S/C17H15FO/c1-10-7-14(18)8-11(2)17(10)13-3-5-15-12(9-13)4-6-16(15)19/h3,5,7-9H,4,6H2,1-2H3. The van der Waals surface area contributed by atoms with E-state index in [1.54, 1.807) is 12.1 Å². The number of Topliss-reactive ketones (excluding diaryl/α,β-unsaturated/α-hetero) is 1. The molecule has 0 atom stereocenters. The molecule has 19 heavy (non-hydrogen) atoms. The number of rotatable bonds is 1. The molecular weight excluding hydrogens is 239 g/mol. The summed E-state index contributed by atoms with van der Waals surface area (Å²) >= 11 is 0. The molecule has 1 nitrogen and oxygen atoms in total. The molecule has 1 aliphatic carbocycles. The summed E-state index contributed by atoms with van der Waals surface area (Å²) in [5.74, 6) is 0.0317. The molecule has 2 heteroatoms. The zero-order chi connectivity index (χ0) is 13.6. The molecule has 3 rings (SSSR count). The van der Waals surface area contributed by atoms with E-state index in [9.17, 15) is 9.18 Å². The molecule has 2 aromatic rings. The van der Waals surface area contributed by atoms with Crippen LogP contribution >= 0.6 is 0 Å².